The number of carbonyl (C=O) groups excluding carboxylic acids is 1. The van der Waals surface area contributed by atoms with Gasteiger partial charge in [0.1, 0.15) is 0 Å². The maximum atomic E-state index is 13.3. The Kier molecular flexibility index (Phi) is 4.16. The van der Waals surface area contributed by atoms with Crippen LogP contribution in [0.25, 0.3) is 5.65 Å². The topological polar surface area (TPSA) is 70.7 Å². The lowest BCUT2D eigenvalue weighted by atomic mass is 9.66. The number of rotatable bonds is 2. The van der Waals surface area contributed by atoms with E-state index in [2.05, 4.69) is 10.1 Å². The third-order valence-corrected chi connectivity index (χ3v) is 6.47. The lowest BCUT2D eigenvalue weighted by Crippen LogP contribution is -2.59. The molecule has 0 spiro atoms. The average molecular weight is 376 g/mol. The first-order chi connectivity index (χ1) is 13.7. The van der Waals surface area contributed by atoms with Gasteiger partial charge in [-0.15, -0.1) is 0 Å². The van der Waals surface area contributed by atoms with Gasteiger partial charge in [0.2, 0.25) is 0 Å². The van der Waals surface area contributed by atoms with Crippen molar-refractivity contribution in [2.45, 2.75) is 43.7 Å². The van der Waals surface area contributed by atoms with Crippen LogP contribution < -0.4 is 0 Å². The predicted molar refractivity (Wildman–Crippen MR) is 105 cm³/mol. The fraction of sp³-hybridized carbons (Fsp3) is 0.409. The summed E-state index contributed by atoms with van der Waals surface area (Å²) in [6.07, 6.45) is 8.09. The maximum Gasteiger partial charge on any atom is 0.274 e. The molecule has 3 unspecified atom stereocenters. The van der Waals surface area contributed by atoms with E-state index in [1.165, 1.54) is 0 Å². The summed E-state index contributed by atoms with van der Waals surface area (Å²) < 4.78 is 1.63. The van der Waals surface area contributed by atoms with Crippen LogP contribution in [-0.2, 0) is 5.60 Å². The van der Waals surface area contributed by atoms with Crippen molar-refractivity contribution in [1.29, 1.82) is 0 Å². The average Bonchev–Trinajstić information content (AvgIpc) is 3.19. The molecule has 0 radical (unpaired) electrons. The van der Waals surface area contributed by atoms with Crippen LogP contribution in [0.5, 0.6) is 0 Å². The Bertz CT molecular complexity index is 969. The van der Waals surface area contributed by atoms with Crippen LogP contribution in [0.3, 0.4) is 0 Å². The largest absolute Gasteiger partial charge is 0.385 e. The Morgan fingerprint density at radius 3 is 2.79 bits per heavy atom. The van der Waals surface area contributed by atoms with Gasteiger partial charge in [-0.3, -0.25) is 4.79 Å². The summed E-state index contributed by atoms with van der Waals surface area (Å²) in [4.78, 5) is 19.5. The number of nitrogens with zero attached hydrogens (tertiary/aromatic N) is 4. The molecule has 6 nitrogen and oxygen atoms in total. The van der Waals surface area contributed by atoms with E-state index in [0.717, 1.165) is 31.2 Å². The molecule has 1 aromatic carbocycles. The molecule has 1 saturated heterocycles. The van der Waals surface area contributed by atoms with Gasteiger partial charge in [0.05, 0.1) is 5.60 Å². The van der Waals surface area contributed by atoms with E-state index in [1.807, 2.05) is 35.2 Å². The molecule has 28 heavy (non-hydrogen) atoms. The molecule has 5 rings (SSSR count). The number of likely N-dealkylation sites (tertiary alicyclic amines) is 1. The number of fused-ring (bicyclic) bond motifs is 2. The molecule has 3 aromatic rings. The van der Waals surface area contributed by atoms with Gasteiger partial charge in [-0.25, -0.2) is 9.50 Å². The van der Waals surface area contributed by atoms with Gasteiger partial charge in [-0.1, -0.05) is 43.2 Å². The Morgan fingerprint density at radius 2 is 1.96 bits per heavy atom. The quantitative estimate of drug-likeness (QED) is 0.746. The van der Waals surface area contributed by atoms with Gasteiger partial charge in [0.25, 0.3) is 5.91 Å². The third kappa shape index (κ3) is 2.71. The number of carbonyl (C=O) groups is 1. The van der Waals surface area contributed by atoms with Gasteiger partial charge in [-0.2, -0.15) is 5.10 Å². The molecule has 1 N–H and O–H groups in total. The van der Waals surface area contributed by atoms with Crippen LogP contribution in [0, 0.1) is 5.92 Å². The van der Waals surface area contributed by atoms with Gasteiger partial charge >= 0.3 is 0 Å². The van der Waals surface area contributed by atoms with Crippen molar-refractivity contribution in [2.24, 2.45) is 5.92 Å². The molecule has 2 aliphatic rings. The van der Waals surface area contributed by atoms with E-state index in [-0.39, 0.29) is 17.9 Å². The van der Waals surface area contributed by atoms with Crippen molar-refractivity contribution in [1.82, 2.24) is 19.5 Å². The van der Waals surface area contributed by atoms with Crippen molar-refractivity contribution in [3.63, 3.8) is 0 Å². The van der Waals surface area contributed by atoms with Gasteiger partial charge in [0.15, 0.2) is 11.3 Å². The van der Waals surface area contributed by atoms with Crippen LogP contribution >= 0.6 is 0 Å². The number of hydrogen-bond acceptors (Lipinski definition) is 4. The molecular weight excluding hydrogens is 352 g/mol. The Balaban J connectivity index is 1.48. The Morgan fingerprint density at radius 1 is 1.14 bits per heavy atom. The second-order valence-electron chi connectivity index (χ2n) is 7.95. The van der Waals surface area contributed by atoms with Crippen LogP contribution in [0.15, 0.2) is 54.9 Å². The molecule has 6 heteroatoms. The first-order valence-corrected chi connectivity index (χ1v) is 10.1. The van der Waals surface area contributed by atoms with Crippen molar-refractivity contribution in [3.8, 4) is 0 Å². The summed E-state index contributed by atoms with van der Waals surface area (Å²) in [5.74, 6) is -0.00554. The van der Waals surface area contributed by atoms with Gasteiger partial charge in [0, 0.05) is 37.0 Å². The zero-order valence-corrected chi connectivity index (χ0v) is 15.7. The highest BCUT2D eigenvalue weighted by atomic mass is 16.3. The number of hydrogen-bond donors (Lipinski definition) is 1. The van der Waals surface area contributed by atoms with E-state index in [0.29, 0.717) is 24.3 Å². The first kappa shape index (κ1) is 17.4. The lowest BCUT2D eigenvalue weighted by Gasteiger charge is -2.52. The predicted octanol–water partition coefficient (Wildman–Crippen LogP) is 3.02. The maximum absolute atomic E-state index is 13.3. The molecule has 2 aromatic heterocycles. The highest BCUT2D eigenvalue weighted by molar-refractivity contribution is 5.93. The summed E-state index contributed by atoms with van der Waals surface area (Å²) in [7, 11) is 0. The fourth-order valence-corrected chi connectivity index (χ4v) is 5.10. The Hall–Kier alpha value is -2.73. The van der Waals surface area contributed by atoms with Crippen LogP contribution in [-0.4, -0.2) is 43.1 Å². The number of benzene rings is 1. The van der Waals surface area contributed by atoms with Crippen molar-refractivity contribution >= 4 is 11.6 Å². The SMILES string of the molecule is O=C(c1cc2ncccn2n1)N1CCC(O)(c2ccccc2)C2CCCCC21. The minimum Gasteiger partial charge on any atom is -0.385 e. The molecule has 1 aliphatic carbocycles. The highest BCUT2D eigenvalue weighted by Crippen LogP contribution is 2.47. The van der Waals surface area contributed by atoms with Crippen molar-refractivity contribution in [3.05, 3.63) is 66.1 Å². The molecule has 0 bridgehead atoms. The highest BCUT2D eigenvalue weighted by Gasteiger charge is 2.50. The van der Waals surface area contributed by atoms with E-state index in [9.17, 15) is 9.90 Å². The van der Waals surface area contributed by atoms with Gasteiger partial charge in [-0.05, 0) is 30.9 Å². The molecule has 2 fully saturated rings. The third-order valence-electron chi connectivity index (χ3n) is 6.47. The van der Waals surface area contributed by atoms with Crippen LogP contribution in [0.1, 0.15) is 48.2 Å². The summed E-state index contributed by atoms with van der Waals surface area (Å²) in [5.41, 5.74) is 1.19. The second kappa shape index (κ2) is 6.71. The second-order valence-corrected chi connectivity index (χ2v) is 7.95. The molecular formula is C22H24N4O2. The van der Waals surface area contributed by atoms with Crippen LogP contribution in [0.2, 0.25) is 0 Å². The van der Waals surface area contributed by atoms with Crippen LogP contribution in [0.4, 0.5) is 0 Å². The normalized spacial score (nSPS) is 27.5. The standard InChI is InChI=1S/C22H24N4O2/c27-21(18-15-20-23-12-6-13-26(20)24-18)25-14-11-22(28,16-7-2-1-3-8-16)17-9-4-5-10-19(17)25/h1-3,6-8,12-13,15,17,19,28H,4-5,9-11,14H2. The molecule has 3 atom stereocenters. The summed E-state index contributed by atoms with van der Waals surface area (Å²) in [6, 6.07) is 13.5. The van der Waals surface area contributed by atoms with E-state index in [1.54, 1.807) is 29.0 Å². The van der Waals surface area contributed by atoms with Crippen molar-refractivity contribution < 1.29 is 9.90 Å². The molecule has 1 amide bonds. The summed E-state index contributed by atoms with van der Waals surface area (Å²) >= 11 is 0. The minimum absolute atomic E-state index is 0.0398. The molecule has 1 saturated carbocycles. The van der Waals surface area contributed by atoms with E-state index in [4.69, 9.17) is 0 Å². The fourth-order valence-electron chi connectivity index (χ4n) is 5.10. The zero-order valence-electron chi connectivity index (χ0n) is 15.7. The molecule has 144 valence electrons. The van der Waals surface area contributed by atoms with E-state index >= 15 is 0 Å². The molecule has 1 aliphatic heterocycles. The number of amides is 1. The van der Waals surface area contributed by atoms with E-state index < -0.39 is 5.60 Å². The minimum atomic E-state index is -0.871. The zero-order chi connectivity index (χ0) is 19.1. The number of piperidine rings is 1. The van der Waals surface area contributed by atoms with Crippen molar-refractivity contribution in [2.75, 3.05) is 6.54 Å². The number of aliphatic hydroxyl groups is 1. The smallest absolute Gasteiger partial charge is 0.274 e. The lowest BCUT2D eigenvalue weighted by molar-refractivity contribution is -0.110. The van der Waals surface area contributed by atoms with Gasteiger partial charge < -0.3 is 10.0 Å². The summed E-state index contributed by atoms with van der Waals surface area (Å²) in [6.45, 7) is 0.534. The monoisotopic (exact) mass is 376 g/mol. The summed E-state index contributed by atoms with van der Waals surface area (Å²) in [5, 5.41) is 16.1. The number of aromatic nitrogens is 3. The molecule has 3 heterocycles. The Labute approximate surface area is 163 Å². The first-order valence-electron chi connectivity index (χ1n) is 10.1.